The van der Waals surface area contributed by atoms with Gasteiger partial charge in [0, 0.05) is 10.9 Å². The van der Waals surface area contributed by atoms with Gasteiger partial charge in [-0.1, -0.05) is 12.1 Å². The number of aromatic nitrogens is 1. The number of esters is 1. The Morgan fingerprint density at radius 1 is 1.21 bits per heavy atom. The maximum absolute atomic E-state index is 13.3. The minimum Gasteiger partial charge on any atom is -0.465 e. The van der Waals surface area contributed by atoms with Gasteiger partial charge in [0.05, 0.1) is 17.7 Å². The number of thiazole rings is 1. The van der Waals surface area contributed by atoms with Gasteiger partial charge in [0.25, 0.3) is 5.91 Å². The molecule has 24 heavy (non-hydrogen) atoms. The van der Waals surface area contributed by atoms with Gasteiger partial charge in [-0.2, -0.15) is 0 Å². The molecule has 0 spiro atoms. The number of rotatable bonds is 4. The second-order valence-corrected chi connectivity index (χ2v) is 6.60. The Morgan fingerprint density at radius 2 is 2.00 bits per heavy atom. The summed E-state index contributed by atoms with van der Waals surface area (Å²) in [6.45, 7) is 0. The molecule has 1 N–H and O–H groups in total. The van der Waals surface area contributed by atoms with E-state index in [0.29, 0.717) is 26.1 Å². The number of halogens is 1. The molecule has 0 fully saturated rings. The number of hydrogen-bond acceptors (Lipinski definition) is 6. The summed E-state index contributed by atoms with van der Waals surface area (Å²) in [4.78, 5) is 28.6. The van der Waals surface area contributed by atoms with Gasteiger partial charge in [0.2, 0.25) is 0 Å². The van der Waals surface area contributed by atoms with Gasteiger partial charge in [0.15, 0.2) is 5.13 Å². The predicted octanol–water partition coefficient (Wildman–Crippen LogP) is 4.05. The highest BCUT2D eigenvalue weighted by atomic mass is 32.1. The monoisotopic (exact) mass is 362 g/mol. The Labute approximate surface area is 144 Å². The summed E-state index contributed by atoms with van der Waals surface area (Å²) in [7, 11) is 1.28. The Balaban J connectivity index is 1.73. The number of carbonyl (C=O) groups is 2. The standard InChI is InChI=1S/C16H11FN2O3S2/c1-22-15(21)13-6-5-12(24-13)14(20)19-16-18-11(8-23-16)9-3-2-4-10(17)7-9/h2-8H,1H3,(H,18,19,20). The van der Waals surface area contributed by atoms with E-state index in [1.54, 1.807) is 23.6 Å². The van der Waals surface area contributed by atoms with Gasteiger partial charge in [-0.05, 0) is 24.3 Å². The number of methoxy groups -OCH3 is 1. The normalized spacial score (nSPS) is 10.4. The lowest BCUT2D eigenvalue weighted by Crippen LogP contribution is -2.09. The van der Waals surface area contributed by atoms with E-state index in [-0.39, 0.29) is 11.7 Å². The molecular weight excluding hydrogens is 351 g/mol. The van der Waals surface area contributed by atoms with Crippen LogP contribution in [0.3, 0.4) is 0 Å². The molecule has 0 aliphatic heterocycles. The number of thiophene rings is 1. The number of amides is 1. The third-order valence-electron chi connectivity index (χ3n) is 3.06. The minimum atomic E-state index is -0.485. The van der Waals surface area contributed by atoms with Crippen LogP contribution in [0.15, 0.2) is 41.8 Å². The van der Waals surface area contributed by atoms with Crippen molar-refractivity contribution in [3.05, 3.63) is 57.3 Å². The van der Waals surface area contributed by atoms with E-state index in [4.69, 9.17) is 0 Å². The second-order valence-electron chi connectivity index (χ2n) is 4.66. The minimum absolute atomic E-state index is 0.347. The van der Waals surface area contributed by atoms with Crippen molar-refractivity contribution in [2.75, 3.05) is 12.4 Å². The van der Waals surface area contributed by atoms with Gasteiger partial charge in [-0.3, -0.25) is 10.1 Å². The average molecular weight is 362 g/mol. The van der Waals surface area contributed by atoms with Crippen LogP contribution in [-0.4, -0.2) is 24.0 Å². The van der Waals surface area contributed by atoms with Gasteiger partial charge in [0.1, 0.15) is 10.7 Å². The summed E-state index contributed by atoms with van der Waals surface area (Å²) in [6, 6.07) is 9.16. The summed E-state index contributed by atoms with van der Waals surface area (Å²) < 4.78 is 17.9. The molecule has 0 unspecified atom stereocenters. The van der Waals surface area contributed by atoms with Gasteiger partial charge in [-0.15, -0.1) is 22.7 Å². The molecule has 122 valence electrons. The van der Waals surface area contributed by atoms with Crippen LogP contribution in [0.4, 0.5) is 9.52 Å². The summed E-state index contributed by atoms with van der Waals surface area (Å²) in [5.41, 5.74) is 1.21. The predicted molar refractivity (Wildman–Crippen MR) is 91.1 cm³/mol. The molecule has 0 bridgehead atoms. The number of hydrogen-bond donors (Lipinski definition) is 1. The quantitative estimate of drug-likeness (QED) is 0.711. The van der Waals surface area contributed by atoms with Crippen molar-refractivity contribution in [2.24, 2.45) is 0 Å². The third kappa shape index (κ3) is 3.50. The number of ether oxygens (including phenoxy) is 1. The van der Waals surface area contributed by atoms with Crippen LogP contribution in [0.25, 0.3) is 11.3 Å². The highest BCUT2D eigenvalue weighted by Gasteiger charge is 2.15. The fraction of sp³-hybridized carbons (Fsp3) is 0.0625. The second kappa shape index (κ2) is 6.90. The molecule has 3 aromatic rings. The Kier molecular flexibility index (Phi) is 4.68. The van der Waals surface area contributed by atoms with Crippen molar-refractivity contribution in [1.82, 2.24) is 4.98 Å². The highest BCUT2D eigenvalue weighted by Crippen LogP contribution is 2.26. The number of benzene rings is 1. The maximum atomic E-state index is 13.3. The zero-order valence-corrected chi connectivity index (χ0v) is 14.0. The molecule has 5 nitrogen and oxygen atoms in total. The molecule has 0 saturated carbocycles. The molecule has 0 radical (unpaired) electrons. The van der Waals surface area contributed by atoms with Crippen molar-refractivity contribution in [3.8, 4) is 11.3 Å². The number of nitrogens with zero attached hydrogens (tertiary/aromatic N) is 1. The first-order valence-corrected chi connectivity index (χ1v) is 8.47. The molecule has 0 saturated heterocycles. The molecule has 0 aliphatic rings. The zero-order chi connectivity index (χ0) is 17.1. The summed E-state index contributed by atoms with van der Waals surface area (Å²) in [5.74, 6) is -1.20. The first-order valence-electron chi connectivity index (χ1n) is 6.78. The van der Waals surface area contributed by atoms with Crippen LogP contribution < -0.4 is 5.32 Å². The molecule has 1 amide bonds. The Bertz CT molecular complexity index is 904. The number of anilines is 1. The molecule has 0 aliphatic carbocycles. The topological polar surface area (TPSA) is 68.3 Å². The molecule has 0 atom stereocenters. The van der Waals surface area contributed by atoms with Crippen LogP contribution >= 0.6 is 22.7 Å². The van der Waals surface area contributed by atoms with E-state index >= 15 is 0 Å². The van der Waals surface area contributed by atoms with Crippen molar-refractivity contribution in [3.63, 3.8) is 0 Å². The van der Waals surface area contributed by atoms with Crippen LogP contribution in [0.5, 0.6) is 0 Å². The van der Waals surface area contributed by atoms with Crippen LogP contribution in [-0.2, 0) is 4.74 Å². The zero-order valence-electron chi connectivity index (χ0n) is 12.4. The SMILES string of the molecule is COC(=O)c1ccc(C(=O)Nc2nc(-c3cccc(F)c3)cs2)s1. The summed E-state index contributed by atoms with van der Waals surface area (Å²) in [6.07, 6.45) is 0. The lowest BCUT2D eigenvalue weighted by molar-refractivity contribution is 0.0606. The van der Waals surface area contributed by atoms with Gasteiger partial charge in [-0.25, -0.2) is 14.2 Å². The largest absolute Gasteiger partial charge is 0.465 e. The average Bonchev–Trinajstić information content (AvgIpc) is 3.23. The van der Waals surface area contributed by atoms with E-state index in [0.717, 1.165) is 11.3 Å². The summed E-state index contributed by atoms with van der Waals surface area (Å²) in [5, 5.41) is 4.80. The molecule has 2 heterocycles. The first-order chi connectivity index (χ1) is 11.6. The van der Waals surface area contributed by atoms with E-state index in [1.165, 1.54) is 36.6 Å². The van der Waals surface area contributed by atoms with Crippen molar-refractivity contribution in [2.45, 2.75) is 0 Å². The van der Waals surface area contributed by atoms with E-state index in [2.05, 4.69) is 15.0 Å². The van der Waals surface area contributed by atoms with Crippen molar-refractivity contribution < 1.29 is 18.7 Å². The van der Waals surface area contributed by atoms with E-state index in [1.807, 2.05) is 0 Å². The van der Waals surface area contributed by atoms with E-state index < -0.39 is 5.97 Å². The van der Waals surface area contributed by atoms with Crippen molar-refractivity contribution in [1.29, 1.82) is 0 Å². The Morgan fingerprint density at radius 3 is 2.75 bits per heavy atom. The maximum Gasteiger partial charge on any atom is 0.348 e. The molecular formula is C16H11FN2O3S2. The first kappa shape index (κ1) is 16.3. The molecule has 1 aromatic carbocycles. The van der Waals surface area contributed by atoms with Gasteiger partial charge < -0.3 is 4.74 Å². The van der Waals surface area contributed by atoms with Crippen LogP contribution in [0, 0.1) is 5.82 Å². The van der Waals surface area contributed by atoms with Crippen LogP contribution in [0.1, 0.15) is 19.3 Å². The van der Waals surface area contributed by atoms with E-state index in [9.17, 15) is 14.0 Å². The smallest absolute Gasteiger partial charge is 0.348 e. The molecule has 8 heteroatoms. The summed E-state index contributed by atoms with van der Waals surface area (Å²) >= 11 is 2.28. The fourth-order valence-corrected chi connectivity index (χ4v) is 3.47. The fourth-order valence-electron chi connectivity index (χ4n) is 1.94. The molecule has 3 rings (SSSR count). The highest BCUT2D eigenvalue weighted by molar-refractivity contribution is 7.16. The van der Waals surface area contributed by atoms with Crippen molar-refractivity contribution >= 4 is 39.7 Å². The number of nitrogens with one attached hydrogen (secondary N) is 1. The number of carbonyl (C=O) groups excluding carboxylic acids is 2. The van der Waals surface area contributed by atoms with Gasteiger partial charge >= 0.3 is 5.97 Å². The third-order valence-corrected chi connectivity index (χ3v) is 4.88. The van der Waals surface area contributed by atoms with Crippen LogP contribution in [0.2, 0.25) is 0 Å². The lowest BCUT2D eigenvalue weighted by atomic mass is 10.2. The Hall–Kier alpha value is -2.58. The molecule has 2 aromatic heterocycles. The lowest BCUT2D eigenvalue weighted by Gasteiger charge is -1.99.